The maximum Gasteiger partial charge on any atom is 0.270 e. The largest absolute Gasteiger partial charge is 0.477 e. The third-order valence-corrected chi connectivity index (χ3v) is 5.36. The number of hydrogen-bond donors (Lipinski definition) is 2. The van der Waals surface area contributed by atoms with E-state index in [1.807, 2.05) is 23.1 Å². The molecule has 2 aromatic rings. The number of likely N-dealkylation sites (N-methyl/N-ethyl adjacent to an activating group) is 1. The van der Waals surface area contributed by atoms with Gasteiger partial charge in [-0.15, -0.1) is 0 Å². The van der Waals surface area contributed by atoms with E-state index in [1.165, 1.54) is 0 Å². The summed E-state index contributed by atoms with van der Waals surface area (Å²) in [6, 6.07) is 8.95. The van der Waals surface area contributed by atoms with Crippen molar-refractivity contribution in [2.45, 2.75) is 18.9 Å². The van der Waals surface area contributed by atoms with Gasteiger partial charge < -0.3 is 24.8 Å². The molecule has 3 heterocycles. The number of fused-ring (bicyclic) bond motifs is 1. The fourth-order valence-electron chi connectivity index (χ4n) is 3.79. The molecule has 8 nitrogen and oxygen atoms in total. The second-order valence-electron chi connectivity index (χ2n) is 7.29. The number of carbonyl (C=O) groups excluding carboxylic acids is 3. The molecule has 2 N–H and O–H groups in total. The molecule has 1 atom stereocenters. The van der Waals surface area contributed by atoms with E-state index < -0.39 is 6.10 Å². The van der Waals surface area contributed by atoms with Gasteiger partial charge in [-0.2, -0.15) is 0 Å². The fraction of sp³-hybridized carbons (Fsp3) is 0.381. The van der Waals surface area contributed by atoms with Gasteiger partial charge in [0.1, 0.15) is 11.4 Å². The van der Waals surface area contributed by atoms with E-state index in [0.717, 1.165) is 31.6 Å². The smallest absolute Gasteiger partial charge is 0.270 e. The third-order valence-electron chi connectivity index (χ3n) is 5.36. The van der Waals surface area contributed by atoms with Crippen LogP contribution in [0.4, 0.5) is 5.69 Å². The molecule has 1 aromatic carbocycles. The van der Waals surface area contributed by atoms with Crippen molar-refractivity contribution in [3.63, 3.8) is 0 Å². The number of H-pyrrole nitrogens is 1. The lowest BCUT2D eigenvalue weighted by atomic mass is 10.1. The molecule has 1 saturated heterocycles. The van der Waals surface area contributed by atoms with Crippen molar-refractivity contribution in [2.24, 2.45) is 0 Å². The van der Waals surface area contributed by atoms with Gasteiger partial charge in [-0.25, -0.2) is 0 Å². The number of amides is 2. The zero-order chi connectivity index (χ0) is 20.4. The van der Waals surface area contributed by atoms with Crippen molar-refractivity contribution in [1.29, 1.82) is 0 Å². The third kappa shape index (κ3) is 3.83. The number of nitrogens with one attached hydrogen (secondary N) is 2. The molecule has 29 heavy (non-hydrogen) atoms. The summed E-state index contributed by atoms with van der Waals surface area (Å²) in [7, 11) is 1.56. The molecule has 8 heteroatoms. The van der Waals surface area contributed by atoms with Crippen LogP contribution in [0.5, 0.6) is 5.75 Å². The minimum atomic E-state index is -0.693. The van der Waals surface area contributed by atoms with Crippen molar-refractivity contribution in [1.82, 2.24) is 15.2 Å². The lowest BCUT2D eigenvalue weighted by molar-refractivity contribution is -0.127. The molecule has 0 aliphatic carbocycles. The number of anilines is 1. The van der Waals surface area contributed by atoms with Crippen LogP contribution in [0.1, 0.15) is 33.7 Å². The highest BCUT2D eigenvalue weighted by Crippen LogP contribution is 2.33. The number of aromatic amines is 1. The Morgan fingerprint density at radius 3 is 2.72 bits per heavy atom. The molecular weight excluding hydrogens is 372 g/mol. The van der Waals surface area contributed by atoms with Crippen LogP contribution in [-0.4, -0.2) is 66.8 Å². The summed E-state index contributed by atoms with van der Waals surface area (Å²) in [6.45, 7) is 1.87. The lowest BCUT2D eigenvalue weighted by Gasteiger charge is -2.34. The van der Waals surface area contributed by atoms with Gasteiger partial charge in [0.25, 0.3) is 11.8 Å². The van der Waals surface area contributed by atoms with Crippen molar-refractivity contribution in [3.8, 4) is 5.75 Å². The Morgan fingerprint density at radius 2 is 1.97 bits per heavy atom. The number of benzene rings is 1. The van der Waals surface area contributed by atoms with Crippen molar-refractivity contribution >= 4 is 23.3 Å². The number of rotatable bonds is 5. The maximum atomic E-state index is 12.9. The van der Waals surface area contributed by atoms with Crippen LogP contribution in [0.25, 0.3) is 0 Å². The summed E-state index contributed by atoms with van der Waals surface area (Å²) in [4.78, 5) is 44.1. The van der Waals surface area contributed by atoms with Crippen molar-refractivity contribution in [3.05, 3.63) is 47.8 Å². The standard InChI is InChI=1S/C21H24N4O4/c1-22-20(27)19-13-25(16-6-2-3-7-18(16)29-19)12-17(26)14-10-15(23-11-14)21(28)24-8-4-5-9-24/h2-3,6-7,10-11,19,23H,4-5,8-9,12-13H2,1H3,(H,22,27)/t19-/m0/s1. The average Bonchev–Trinajstić information content (AvgIpc) is 3.45. The van der Waals surface area contributed by atoms with Crippen LogP contribution in [0.3, 0.4) is 0 Å². The van der Waals surface area contributed by atoms with E-state index >= 15 is 0 Å². The maximum absolute atomic E-state index is 12.9. The van der Waals surface area contributed by atoms with Crippen molar-refractivity contribution in [2.75, 3.05) is 38.1 Å². The fourth-order valence-corrected chi connectivity index (χ4v) is 3.79. The van der Waals surface area contributed by atoms with Gasteiger partial charge >= 0.3 is 0 Å². The minimum absolute atomic E-state index is 0.0713. The Balaban J connectivity index is 1.50. The van der Waals surface area contributed by atoms with E-state index in [4.69, 9.17) is 4.74 Å². The number of ether oxygens (including phenoxy) is 1. The highest BCUT2D eigenvalue weighted by Gasteiger charge is 2.31. The van der Waals surface area contributed by atoms with Gasteiger partial charge in [0.2, 0.25) is 0 Å². The summed E-state index contributed by atoms with van der Waals surface area (Å²) >= 11 is 0. The van der Waals surface area contributed by atoms with E-state index in [0.29, 0.717) is 17.0 Å². The first-order valence-electron chi connectivity index (χ1n) is 9.80. The quantitative estimate of drug-likeness (QED) is 0.746. The Hall–Kier alpha value is -3.29. The number of Topliss-reactive ketones (excluding diaryl/α,β-unsaturated/α-hetero) is 1. The molecule has 0 spiro atoms. The number of carbonyl (C=O) groups is 3. The summed E-state index contributed by atoms with van der Waals surface area (Å²) in [5.74, 6) is 0.128. The monoisotopic (exact) mass is 396 g/mol. The minimum Gasteiger partial charge on any atom is -0.477 e. The number of hydrogen-bond acceptors (Lipinski definition) is 5. The molecule has 1 aromatic heterocycles. The first-order valence-corrected chi connectivity index (χ1v) is 9.80. The van der Waals surface area contributed by atoms with E-state index in [2.05, 4.69) is 10.3 Å². The lowest BCUT2D eigenvalue weighted by Crippen LogP contribution is -2.49. The van der Waals surface area contributed by atoms with Crippen LogP contribution in [0.15, 0.2) is 36.5 Å². The first-order chi connectivity index (χ1) is 14.1. The highest BCUT2D eigenvalue weighted by atomic mass is 16.5. The number of likely N-dealkylation sites (tertiary alicyclic amines) is 1. The molecule has 0 bridgehead atoms. The number of nitrogens with zero attached hydrogens (tertiary/aromatic N) is 2. The summed E-state index contributed by atoms with van der Waals surface area (Å²) < 4.78 is 5.77. The van der Waals surface area contributed by atoms with Gasteiger partial charge in [-0.05, 0) is 31.0 Å². The molecule has 0 unspecified atom stereocenters. The molecule has 2 aliphatic heterocycles. The topological polar surface area (TPSA) is 94.7 Å². The van der Waals surface area contributed by atoms with Gasteiger partial charge in [0.05, 0.1) is 18.8 Å². The Bertz CT molecular complexity index is 932. The zero-order valence-corrected chi connectivity index (χ0v) is 16.3. The molecule has 2 aliphatic rings. The molecule has 152 valence electrons. The number of ketones is 1. The summed E-state index contributed by atoms with van der Waals surface area (Å²) in [5.41, 5.74) is 1.65. The van der Waals surface area contributed by atoms with Gasteiger partial charge in [0, 0.05) is 31.9 Å². The van der Waals surface area contributed by atoms with Crippen LogP contribution < -0.4 is 15.0 Å². The molecule has 0 radical (unpaired) electrons. The van der Waals surface area contributed by atoms with Crippen LogP contribution in [-0.2, 0) is 4.79 Å². The normalized spacial score (nSPS) is 18.2. The van der Waals surface area contributed by atoms with Gasteiger partial charge in [-0.1, -0.05) is 12.1 Å². The highest BCUT2D eigenvalue weighted by molar-refractivity contribution is 6.02. The van der Waals surface area contributed by atoms with Crippen LogP contribution in [0, 0.1) is 0 Å². The molecular formula is C21H24N4O4. The number of aromatic nitrogens is 1. The molecule has 1 fully saturated rings. The van der Waals surface area contributed by atoms with Crippen LogP contribution >= 0.6 is 0 Å². The second-order valence-corrected chi connectivity index (χ2v) is 7.29. The molecule has 0 saturated carbocycles. The zero-order valence-electron chi connectivity index (χ0n) is 16.3. The molecule has 2 amide bonds. The Labute approximate surface area is 168 Å². The van der Waals surface area contributed by atoms with Crippen molar-refractivity contribution < 1.29 is 19.1 Å². The number of para-hydroxylation sites is 2. The Morgan fingerprint density at radius 1 is 1.21 bits per heavy atom. The Kier molecular flexibility index (Phi) is 5.24. The van der Waals surface area contributed by atoms with Crippen LogP contribution in [0.2, 0.25) is 0 Å². The SMILES string of the molecule is CNC(=O)[C@@H]1CN(CC(=O)c2c[nH]c(C(=O)N3CCCC3)c2)c2ccccc2O1. The summed E-state index contributed by atoms with van der Waals surface area (Å²) in [6.07, 6.45) is 2.91. The van der Waals surface area contributed by atoms with E-state index in [9.17, 15) is 14.4 Å². The molecule has 4 rings (SSSR count). The predicted molar refractivity (Wildman–Crippen MR) is 107 cm³/mol. The van der Waals surface area contributed by atoms with Gasteiger partial charge in [0.15, 0.2) is 11.9 Å². The second kappa shape index (κ2) is 7.98. The predicted octanol–water partition coefficient (Wildman–Crippen LogP) is 1.45. The van der Waals surface area contributed by atoms with E-state index in [-0.39, 0.29) is 30.7 Å². The first kappa shape index (κ1) is 19.0. The average molecular weight is 396 g/mol. The van der Waals surface area contributed by atoms with Gasteiger partial charge in [-0.3, -0.25) is 14.4 Å². The van der Waals surface area contributed by atoms with E-state index in [1.54, 1.807) is 30.3 Å². The summed E-state index contributed by atoms with van der Waals surface area (Å²) in [5, 5.41) is 2.59.